The first-order valence-corrected chi connectivity index (χ1v) is 7.72. The summed E-state index contributed by atoms with van der Waals surface area (Å²) in [7, 11) is 1.97. The lowest BCUT2D eigenvalue weighted by Crippen LogP contribution is -2.42. The van der Waals surface area contributed by atoms with Crippen LogP contribution in [-0.4, -0.2) is 60.1 Å². The molecule has 1 saturated carbocycles. The summed E-state index contributed by atoms with van der Waals surface area (Å²) in [5.41, 5.74) is 1.01. The number of likely N-dealkylation sites (N-methyl/N-ethyl adjacent to an activating group) is 2. The molecule has 20 heavy (non-hydrogen) atoms. The number of carbonyl (C=O) groups excluding carboxylic acids is 1. The molecule has 0 aromatic carbocycles. The van der Waals surface area contributed by atoms with E-state index in [4.69, 9.17) is 0 Å². The van der Waals surface area contributed by atoms with Crippen LogP contribution >= 0.6 is 0 Å². The first kappa shape index (κ1) is 17.2. The number of nitrogens with zero attached hydrogens (tertiary/aromatic N) is 2. The lowest BCUT2D eigenvalue weighted by Gasteiger charge is -2.32. The summed E-state index contributed by atoms with van der Waals surface area (Å²) < 4.78 is 0. The average Bonchev–Trinajstić information content (AvgIpc) is 2.38. The van der Waals surface area contributed by atoms with Gasteiger partial charge in [-0.3, -0.25) is 9.69 Å². The molecule has 0 radical (unpaired) electrons. The van der Waals surface area contributed by atoms with E-state index in [-0.39, 0.29) is 12.0 Å². The molecule has 0 aromatic rings. The highest BCUT2D eigenvalue weighted by Gasteiger charge is 2.25. The molecule has 2 atom stereocenters. The van der Waals surface area contributed by atoms with Crippen molar-refractivity contribution >= 4 is 5.91 Å². The van der Waals surface area contributed by atoms with Gasteiger partial charge in [-0.2, -0.15) is 0 Å². The van der Waals surface area contributed by atoms with E-state index in [1.54, 1.807) is 0 Å². The fourth-order valence-electron chi connectivity index (χ4n) is 2.90. The standard InChI is InChI=1S/C16H30N2O2/c1-5-18(10-13(2)3)16(20)12-17(4)11-14-8-6-7-9-15(14)19/h14-15,19H,2,5-12H2,1,3-4H3. The van der Waals surface area contributed by atoms with Gasteiger partial charge in [0, 0.05) is 19.6 Å². The van der Waals surface area contributed by atoms with Crippen LogP contribution in [0, 0.1) is 5.92 Å². The van der Waals surface area contributed by atoms with E-state index in [1.807, 2.05) is 30.7 Å². The number of hydrogen-bond donors (Lipinski definition) is 1. The third kappa shape index (κ3) is 5.63. The number of rotatable bonds is 7. The number of aliphatic hydroxyl groups excluding tert-OH is 1. The molecule has 0 aromatic heterocycles. The third-order valence-corrected chi connectivity index (χ3v) is 4.02. The molecule has 1 rings (SSSR count). The van der Waals surface area contributed by atoms with Crippen molar-refractivity contribution in [1.82, 2.24) is 9.80 Å². The SMILES string of the molecule is C=C(C)CN(CC)C(=O)CN(C)CC1CCCCC1O. The molecule has 2 unspecified atom stereocenters. The Kier molecular flexibility index (Phi) is 7.24. The Labute approximate surface area is 123 Å². The van der Waals surface area contributed by atoms with Gasteiger partial charge in [0.15, 0.2) is 0 Å². The zero-order valence-electron chi connectivity index (χ0n) is 13.3. The summed E-state index contributed by atoms with van der Waals surface area (Å²) in [5, 5.41) is 9.99. The lowest BCUT2D eigenvalue weighted by atomic mass is 9.86. The molecule has 116 valence electrons. The topological polar surface area (TPSA) is 43.8 Å². The van der Waals surface area contributed by atoms with Gasteiger partial charge in [0.2, 0.25) is 5.91 Å². The Morgan fingerprint density at radius 1 is 1.30 bits per heavy atom. The minimum absolute atomic E-state index is 0.142. The minimum atomic E-state index is -0.195. The van der Waals surface area contributed by atoms with Gasteiger partial charge < -0.3 is 10.0 Å². The number of aliphatic hydroxyl groups is 1. The van der Waals surface area contributed by atoms with Gasteiger partial charge in [0.25, 0.3) is 0 Å². The second kappa shape index (κ2) is 8.42. The lowest BCUT2D eigenvalue weighted by molar-refractivity contribution is -0.131. The molecule has 1 amide bonds. The second-order valence-corrected chi connectivity index (χ2v) is 6.17. The van der Waals surface area contributed by atoms with Gasteiger partial charge in [-0.25, -0.2) is 0 Å². The summed E-state index contributed by atoms with van der Waals surface area (Å²) in [4.78, 5) is 16.1. The Morgan fingerprint density at radius 2 is 1.95 bits per heavy atom. The fourth-order valence-corrected chi connectivity index (χ4v) is 2.90. The van der Waals surface area contributed by atoms with Crippen LogP contribution in [0.1, 0.15) is 39.5 Å². The molecule has 1 fully saturated rings. The Balaban J connectivity index is 2.41. The second-order valence-electron chi connectivity index (χ2n) is 6.17. The van der Waals surface area contributed by atoms with Gasteiger partial charge in [0.1, 0.15) is 0 Å². The number of amides is 1. The Hall–Kier alpha value is -0.870. The highest BCUT2D eigenvalue weighted by atomic mass is 16.3. The maximum Gasteiger partial charge on any atom is 0.237 e. The van der Waals surface area contributed by atoms with Crippen LogP contribution in [0.2, 0.25) is 0 Å². The van der Waals surface area contributed by atoms with Crippen LogP contribution in [0.3, 0.4) is 0 Å². The van der Waals surface area contributed by atoms with Gasteiger partial charge in [0.05, 0.1) is 12.6 Å². The van der Waals surface area contributed by atoms with Gasteiger partial charge in [-0.05, 0) is 39.7 Å². The molecular weight excluding hydrogens is 252 g/mol. The molecule has 0 spiro atoms. The van der Waals surface area contributed by atoms with Crippen LogP contribution in [-0.2, 0) is 4.79 Å². The highest BCUT2D eigenvalue weighted by Crippen LogP contribution is 2.24. The van der Waals surface area contributed by atoms with E-state index in [0.717, 1.165) is 31.4 Å². The van der Waals surface area contributed by atoms with Gasteiger partial charge in [-0.15, -0.1) is 0 Å². The summed E-state index contributed by atoms with van der Waals surface area (Å²) in [6.45, 7) is 10.4. The first-order chi connectivity index (χ1) is 9.43. The quantitative estimate of drug-likeness (QED) is 0.725. The van der Waals surface area contributed by atoms with E-state index < -0.39 is 0 Å². The molecule has 4 nitrogen and oxygen atoms in total. The van der Waals surface area contributed by atoms with Crippen molar-refractivity contribution in [2.24, 2.45) is 5.92 Å². The Bertz CT molecular complexity index is 330. The van der Waals surface area contributed by atoms with E-state index in [1.165, 1.54) is 6.42 Å². The predicted molar refractivity (Wildman–Crippen MR) is 82.5 cm³/mol. The number of hydrogen-bond acceptors (Lipinski definition) is 3. The van der Waals surface area contributed by atoms with Crippen LogP contribution in [0.4, 0.5) is 0 Å². The summed E-state index contributed by atoms with van der Waals surface area (Å²) in [5.74, 6) is 0.459. The van der Waals surface area contributed by atoms with E-state index in [9.17, 15) is 9.90 Å². The van der Waals surface area contributed by atoms with Crippen molar-refractivity contribution in [3.63, 3.8) is 0 Å². The first-order valence-electron chi connectivity index (χ1n) is 7.72. The van der Waals surface area contributed by atoms with Crippen LogP contribution < -0.4 is 0 Å². The molecule has 4 heteroatoms. The van der Waals surface area contributed by atoms with Crippen molar-refractivity contribution in [3.8, 4) is 0 Å². The summed E-state index contributed by atoms with van der Waals surface area (Å²) in [6.07, 6.45) is 4.11. The molecular formula is C16H30N2O2. The summed E-state index contributed by atoms with van der Waals surface area (Å²) >= 11 is 0. The van der Waals surface area contributed by atoms with Crippen molar-refractivity contribution in [1.29, 1.82) is 0 Å². The molecule has 0 aliphatic heterocycles. The van der Waals surface area contributed by atoms with Crippen LogP contribution in [0.25, 0.3) is 0 Å². The maximum absolute atomic E-state index is 12.2. The van der Waals surface area contributed by atoms with Crippen molar-refractivity contribution < 1.29 is 9.90 Å². The Morgan fingerprint density at radius 3 is 2.50 bits per heavy atom. The predicted octanol–water partition coefficient (Wildman–Crippen LogP) is 1.89. The zero-order chi connectivity index (χ0) is 15.1. The van der Waals surface area contributed by atoms with Crippen molar-refractivity contribution in [3.05, 3.63) is 12.2 Å². The van der Waals surface area contributed by atoms with Crippen LogP contribution in [0.15, 0.2) is 12.2 Å². The third-order valence-electron chi connectivity index (χ3n) is 4.02. The highest BCUT2D eigenvalue weighted by molar-refractivity contribution is 5.78. The van der Waals surface area contributed by atoms with Crippen molar-refractivity contribution in [2.75, 3.05) is 33.2 Å². The normalized spacial score (nSPS) is 22.9. The van der Waals surface area contributed by atoms with Crippen molar-refractivity contribution in [2.45, 2.75) is 45.6 Å². The monoisotopic (exact) mass is 282 g/mol. The average molecular weight is 282 g/mol. The fraction of sp³-hybridized carbons (Fsp3) is 0.812. The van der Waals surface area contributed by atoms with E-state index >= 15 is 0 Å². The van der Waals surface area contributed by atoms with Crippen LogP contribution in [0.5, 0.6) is 0 Å². The van der Waals surface area contributed by atoms with Gasteiger partial charge >= 0.3 is 0 Å². The molecule has 1 N–H and O–H groups in total. The smallest absolute Gasteiger partial charge is 0.237 e. The summed E-state index contributed by atoms with van der Waals surface area (Å²) in [6, 6.07) is 0. The minimum Gasteiger partial charge on any atom is -0.393 e. The maximum atomic E-state index is 12.2. The largest absolute Gasteiger partial charge is 0.393 e. The number of carbonyl (C=O) groups is 1. The molecule has 0 bridgehead atoms. The van der Waals surface area contributed by atoms with E-state index in [0.29, 0.717) is 25.6 Å². The molecule has 0 saturated heterocycles. The van der Waals surface area contributed by atoms with E-state index in [2.05, 4.69) is 6.58 Å². The zero-order valence-corrected chi connectivity index (χ0v) is 13.3. The van der Waals surface area contributed by atoms with Gasteiger partial charge in [-0.1, -0.05) is 25.0 Å². The molecule has 1 aliphatic carbocycles. The molecule has 1 aliphatic rings. The molecule has 0 heterocycles.